The van der Waals surface area contributed by atoms with Gasteiger partial charge in [0.15, 0.2) is 31.2 Å². The summed E-state index contributed by atoms with van der Waals surface area (Å²) in [5.41, 5.74) is 1.04. The first-order chi connectivity index (χ1) is 24.2. The molecule has 0 saturated heterocycles. The Labute approximate surface area is 299 Å². The number of ketones is 3. The highest BCUT2D eigenvalue weighted by Crippen LogP contribution is 2.58. The van der Waals surface area contributed by atoms with Crippen LogP contribution in [0.4, 0.5) is 0 Å². The second-order valence-corrected chi connectivity index (χ2v) is 20.5. The first-order valence-corrected chi connectivity index (χ1v) is 20.4. The van der Waals surface area contributed by atoms with Gasteiger partial charge in [0.1, 0.15) is 24.5 Å². The van der Waals surface area contributed by atoms with Crippen molar-refractivity contribution in [2.45, 2.75) is 76.6 Å². The minimum atomic E-state index is -2.86. The monoisotopic (exact) mass is 707 g/mol. The fraction of sp³-hybridized carbons (Fsp3) is 0.425. The largest absolute Gasteiger partial charge is 0.487 e. The molecule has 0 N–H and O–H groups in total. The number of aromatic nitrogens is 2. The minimum Gasteiger partial charge on any atom is -0.487 e. The number of ether oxygens (including phenoxy) is 2. The second kappa shape index (κ2) is 12.9. The van der Waals surface area contributed by atoms with E-state index in [9.17, 15) is 4.79 Å². The molecule has 3 aliphatic carbocycles. The van der Waals surface area contributed by atoms with Gasteiger partial charge in [-0.2, -0.15) is 0 Å². The van der Waals surface area contributed by atoms with Crippen molar-refractivity contribution < 1.29 is 32.8 Å². The van der Waals surface area contributed by atoms with E-state index in [4.69, 9.17) is 18.4 Å². The van der Waals surface area contributed by atoms with E-state index in [2.05, 4.69) is 30.9 Å². The molecule has 0 spiro atoms. The van der Waals surface area contributed by atoms with Crippen molar-refractivity contribution in [1.29, 1.82) is 0 Å². The Hall–Kier alpha value is -4.45. The third-order valence-corrected chi connectivity index (χ3v) is 15.8. The maximum absolute atomic E-state index is 15.5. The lowest BCUT2D eigenvalue weighted by Gasteiger charge is -2.56. The predicted molar refractivity (Wildman–Crippen MR) is 192 cm³/mol. The molecule has 1 saturated carbocycles. The van der Waals surface area contributed by atoms with E-state index in [-0.39, 0.29) is 41.4 Å². The van der Waals surface area contributed by atoms with Crippen LogP contribution in [0.5, 0.6) is 11.6 Å². The molecule has 4 aromatic rings. The standard InChI is InChI=1S/C40H45N3O7Si/c1-39(2,3)51(6,7)50-40-28(33(43(4)5)35-32(37(40)46)38(42-49-35)48-23-25-16-12-9-13-17-25)19-26-18-27-20-41-21-29(30(27)34(44)31(26)36(40)45)47-22-24-14-10-8-11-15-24/h8-17,20-21,26,28,31,33H,18-19,22-23H2,1-7H3/t26-,28-,31?,33-,40-/m0/s1. The zero-order chi connectivity index (χ0) is 36.3. The minimum absolute atomic E-state index is 0.0141. The summed E-state index contributed by atoms with van der Waals surface area (Å²) >= 11 is 0. The second-order valence-electron chi connectivity index (χ2n) is 15.8. The van der Waals surface area contributed by atoms with Gasteiger partial charge in [0.2, 0.25) is 5.78 Å². The molecular weight excluding hydrogens is 663 g/mol. The fourth-order valence-electron chi connectivity index (χ4n) is 7.83. The van der Waals surface area contributed by atoms with Crippen LogP contribution < -0.4 is 9.47 Å². The maximum atomic E-state index is 15.5. The average molecular weight is 708 g/mol. The van der Waals surface area contributed by atoms with Crippen molar-refractivity contribution in [1.82, 2.24) is 15.0 Å². The number of hydrogen-bond acceptors (Lipinski definition) is 10. The highest BCUT2D eigenvalue weighted by molar-refractivity contribution is 6.74. The summed E-state index contributed by atoms with van der Waals surface area (Å²) in [5, 5.41) is 3.90. The quantitative estimate of drug-likeness (QED) is 0.132. The summed E-state index contributed by atoms with van der Waals surface area (Å²) in [7, 11) is 0.934. The number of carbonyl (C=O) groups excluding carboxylic acids is 3. The zero-order valence-electron chi connectivity index (χ0n) is 30.3. The lowest BCUT2D eigenvalue weighted by Crippen LogP contribution is -2.70. The molecule has 3 aliphatic rings. The van der Waals surface area contributed by atoms with Crippen molar-refractivity contribution in [3.8, 4) is 11.6 Å². The summed E-state index contributed by atoms with van der Waals surface area (Å²) in [6, 6.07) is 18.7. The van der Waals surface area contributed by atoms with Crippen molar-refractivity contribution in [2.24, 2.45) is 17.8 Å². The van der Waals surface area contributed by atoms with E-state index in [0.29, 0.717) is 29.9 Å². The van der Waals surface area contributed by atoms with Gasteiger partial charge < -0.3 is 18.4 Å². The maximum Gasteiger partial charge on any atom is 0.265 e. The molecule has 2 aromatic heterocycles. The SMILES string of the molecule is CN(C)[C@@H]1c2onc(OCc3ccccc3)c2C(=O)[C@@]2(O[Si](C)(C)C(C)(C)C)C(=O)C3C(=O)c4c(cncc4OCc4ccccc4)C[C@H]3C[C@@H]12. The third kappa shape index (κ3) is 5.85. The molecule has 0 amide bonds. The Balaban J connectivity index is 1.34. The smallest absolute Gasteiger partial charge is 0.265 e. The molecule has 0 aliphatic heterocycles. The highest BCUT2D eigenvalue weighted by Gasteiger charge is 2.70. The van der Waals surface area contributed by atoms with E-state index < -0.39 is 43.4 Å². The van der Waals surface area contributed by atoms with Gasteiger partial charge in [0, 0.05) is 12.1 Å². The van der Waals surface area contributed by atoms with Crippen LogP contribution in [0.15, 0.2) is 77.6 Å². The molecule has 266 valence electrons. The van der Waals surface area contributed by atoms with Crippen LogP contribution >= 0.6 is 0 Å². The number of rotatable bonds is 9. The van der Waals surface area contributed by atoms with Gasteiger partial charge in [-0.05, 0) is 72.8 Å². The number of benzene rings is 2. The molecular formula is C40H45N3O7Si. The molecule has 7 rings (SSSR count). The first kappa shape index (κ1) is 35.0. The summed E-state index contributed by atoms with van der Waals surface area (Å²) in [5.74, 6) is -2.86. The van der Waals surface area contributed by atoms with Gasteiger partial charge in [-0.15, -0.1) is 0 Å². The Morgan fingerprint density at radius 3 is 2.14 bits per heavy atom. The molecule has 0 bridgehead atoms. The summed E-state index contributed by atoms with van der Waals surface area (Å²) in [6.45, 7) is 10.7. The van der Waals surface area contributed by atoms with E-state index in [1.165, 1.54) is 6.20 Å². The predicted octanol–water partition coefficient (Wildman–Crippen LogP) is 7.05. The van der Waals surface area contributed by atoms with Gasteiger partial charge >= 0.3 is 0 Å². The van der Waals surface area contributed by atoms with Crippen molar-refractivity contribution in [3.05, 3.63) is 107 Å². The van der Waals surface area contributed by atoms with E-state index in [0.717, 1.165) is 16.7 Å². The molecule has 11 heteroatoms. The Kier molecular flexibility index (Phi) is 8.88. The lowest BCUT2D eigenvalue weighted by molar-refractivity contribution is -0.151. The fourth-order valence-corrected chi connectivity index (χ4v) is 9.29. The number of nitrogens with zero attached hydrogens (tertiary/aromatic N) is 3. The van der Waals surface area contributed by atoms with Crippen LogP contribution in [-0.2, 0) is 28.9 Å². The van der Waals surface area contributed by atoms with Crippen LogP contribution in [0.3, 0.4) is 0 Å². The molecule has 1 unspecified atom stereocenters. The molecule has 2 aromatic carbocycles. The van der Waals surface area contributed by atoms with Crippen LogP contribution in [0, 0.1) is 17.8 Å². The van der Waals surface area contributed by atoms with Gasteiger partial charge in [-0.25, -0.2) is 0 Å². The first-order valence-electron chi connectivity index (χ1n) is 17.5. The highest BCUT2D eigenvalue weighted by atomic mass is 28.4. The normalized spacial score (nSPS) is 24.4. The number of Topliss-reactive ketones (excluding diaryl/α,β-unsaturated/α-hetero) is 3. The molecule has 0 radical (unpaired) electrons. The molecule has 51 heavy (non-hydrogen) atoms. The van der Waals surface area contributed by atoms with Crippen LogP contribution in [0.25, 0.3) is 0 Å². The number of pyridine rings is 1. The molecule has 1 fully saturated rings. The van der Waals surface area contributed by atoms with Crippen molar-refractivity contribution in [3.63, 3.8) is 0 Å². The van der Waals surface area contributed by atoms with Gasteiger partial charge in [-0.1, -0.05) is 81.4 Å². The number of fused-ring (bicyclic) bond motifs is 4. The number of hydrogen-bond donors (Lipinski definition) is 0. The summed E-state index contributed by atoms with van der Waals surface area (Å²) in [4.78, 5) is 52.0. The number of carbonyl (C=O) groups is 3. The zero-order valence-corrected chi connectivity index (χ0v) is 31.3. The average Bonchev–Trinajstić information content (AvgIpc) is 3.51. The van der Waals surface area contributed by atoms with E-state index in [1.807, 2.05) is 92.8 Å². The van der Waals surface area contributed by atoms with Crippen LogP contribution in [0.2, 0.25) is 18.1 Å². The lowest BCUT2D eigenvalue weighted by atomic mass is 9.54. The molecule has 2 heterocycles. The van der Waals surface area contributed by atoms with Crippen molar-refractivity contribution >= 4 is 25.7 Å². The van der Waals surface area contributed by atoms with Gasteiger partial charge in [0.05, 0.1) is 23.7 Å². The Morgan fingerprint density at radius 1 is 0.902 bits per heavy atom. The van der Waals surface area contributed by atoms with E-state index >= 15 is 9.59 Å². The topological polar surface area (TPSA) is 121 Å². The Bertz CT molecular complexity index is 1970. The van der Waals surface area contributed by atoms with Crippen molar-refractivity contribution in [2.75, 3.05) is 14.1 Å². The van der Waals surface area contributed by atoms with Gasteiger partial charge in [0.25, 0.3) is 5.88 Å². The summed E-state index contributed by atoms with van der Waals surface area (Å²) in [6.07, 6.45) is 4.03. The van der Waals surface area contributed by atoms with Gasteiger partial charge in [-0.3, -0.25) is 24.3 Å². The van der Waals surface area contributed by atoms with E-state index in [1.54, 1.807) is 6.20 Å². The van der Waals surface area contributed by atoms with Crippen LogP contribution in [-0.4, -0.2) is 60.4 Å². The third-order valence-electron chi connectivity index (χ3n) is 11.3. The molecule has 5 atom stereocenters. The Morgan fingerprint density at radius 2 is 1.53 bits per heavy atom. The summed E-state index contributed by atoms with van der Waals surface area (Å²) < 4.78 is 25.5. The van der Waals surface area contributed by atoms with Crippen LogP contribution in [0.1, 0.15) is 76.4 Å². The molecule has 10 nitrogen and oxygen atoms in total.